The molecule has 5 rings (SSSR count). The Labute approximate surface area is 210 Å². The molecule has 1 atom stereocenters. The molecule has 0 bridgehead atoms. The number of carbonyl (C=O) groups excluding carboxylic acids is 1. The van der Waals surface area contributed by atoms with Crippen LogP contribution in [0.3, 0.4) is 0 Å². The van der Waals surface area contributed by atoms with Gasteiger partial charge in [0.25, 0.3) is 5.91 Å². The number of nitrogens with zero attached hydrogens (tertiary/aromatic N) is 4. The molecule has 8 heteroatoms. The minimum atomic E-state index is -0.291. The summed E-state index contributed by atoms with van der Waals surface area (Å²) in [5.74, 6) is 1.33. The van der Waals surface area contributed by atoms with E-state index in [2.05, 4.69) is 46.4 Å². The van der Waals surface area contributed by atoms with E-state index in [4.69, 9.17) is 9.47 Å². The molecule has 0 saturated carbocycles. The average Bonchev–Trinajstić information content (AvgIpc) is 3.60. The smallest absolute Gasteiger partial charge is 0.273 e. The Hall–Kier alpha value is -4.07. The summed E-state index contributed by atoms with van der Waals surface area (Å²) in [5.41, 5.74) is 5.36. The maximum Gasteiger partial charge on any atom is 0.273 e. The zero-order valence-electron chi connectivity index (χ0n) is 20.9. The number of H-pyrrole nitrogens is 1. The number of nitrogens with one attached hydrogen (secondary N) is 1. The van der Waals surface area contributed by atoms with Crippen LogP contribution in [0.5, 0.6) is 11.5 Å². The van der Waals surface area contributed by atoms with Crippen LogP contribution >= 0.6 is 0 Å². The van der Waals surface area contributed by atoms with Crippen molar-refractivity contribution in [2.75, 3.05) is 19.8 Å². The van der Waals surface area contributed by atoms with Crippen molar-refractivity contribution in [1.82, 2.24) is 24.6 Å². The Balaban J connectivity index is 1.56. The topological polar surface area (TPSA) is 85.3 Å². The van der Waals surface area contributed by atoms with Crippen LogP contribution in [0.4, 0.5) is 0 Å². The lowest BCUT2D eigenvalue weighted by Gasteiger charge is -2.27. The second kappa shape index (κ2) is 10.3. The fourth-order valence-electron chi connectivity index (χ4n) is 4.79. The molecule has 186 valence electrons. The Kier molecular flexibility index (Phi) is 6.75. The highest BCUT2D eigenvalue weighted by molar-refractivity contribution is 6.00. The van der Waals surface area contributed by atoms with E-state index >= 15 is 0 Å². The minimum absolute atomic E-state index is 0.0432. The highest BCUT2D eigenvalue weighted by atomic mass is 16.5. The highest BCUT2D eigenvalue weighted by Crippen LogP contribution is 2.44. The van der Waals surface area contributed by atoms with Gasteiger partial charge in [-0.1, -0.05) is 35.9 Å². The summed E-state index contributed by atoms with van der Waals surface area (Å²) in [6.07, 6.45) is 6.30. The summed E-state index contributed by atoms with van der Waals surface area (Å²) in [4.78, 5) is 19.7. The Bertz CT molecular complexity index is 1330. The van der Waals surface area contributed by atoms with Crippen LogP contribution < -0.4 is 9.47 Å². The normalized spacial score (nSPS) is 14.8. The van der Waals surface area contributed by atoms with Gasteiger partial charge in [0.05, 0.1) is 31.3 Å². The van der Waals surface area contributed by atoms with Crippen LogP contribution in [-0.4, -0.2) is 50.3 Å². The van der Waals surface area contributed by atoms with E-state index in [-0.39, 0.29) is 11.9 Å². The van der Waals surface area contributed by atoms with E-state index in [1.165, 1.54) is 5.56 Å². The fourth-order valence-corrected chi connectivity index (χ4v) is 4.79. The molecule has 0 spiro atoms. The summed E-state index contributed by atoms with van der Waals surface area (Å²) >= 11 is 0. The van der Waals surface area contributed by atoms with Crippen molar-refractivity contribution < 1.29 is 14.3 Å². The van der Waals surface area contributed by atoms with Crippen LogP contribution in [0, 0.1) is 6.92 Å². The standard InChI is InChI=1S/C28H31N5O3/c1-4-35-22-12-11-21(17-23(22)36-5-2)27-24-25(20-9-7-19(3)8-10-20)30-31-26(24)28(34)33(27)15-6-14-32-16-13-29-18-32/h7-13,16-18,27H,4-6,14-15H2,1-3H3,(H,30,31). The molecule has 0 radical (unpaired) electrons. The summed E-state index contributed by atoms with van der Waals surface area (Å²) in [6, 6.07) is 13.9. The zero-order chi connectivity index (χ0) is 25.1. The maximum atomic E-state index is 13.6. The first-order valence-electron chi connectivity index (χ1n) is 12.4. The van der Waals surface area contributed by atoms with E-state index < -0.39 is 0 Å². The first kappa shape index (κ1) is 23.7. The summed E-state index contributed by atoms with van der Waals surface area (Å²) in [7, 11) is 0. The molecule has 2 aromatic carbocycles. The quantitative estimate of drug-likeness (QED) is 0.341. The maximum absolute atomic E-state index is 13.6. The molecule has 1 aliphatic heterocycles. The molecule has 3 heterocycles. The van der Waals surface area contributed by atoms with Crippen LogP contribution in [0.25, 0.3) is 11.3 Å². The predicted molar refractivity (Wildman–Crippen MR) is 137 cm³/mol. The number of aromatic amines is 1. The number of imidazole rings is 1. The number of benzene rings is 2. The van der Waals surface area contributed by atoms with E-state index in [1.54, 1.807) is 12.5 Å². The number of hydrogen-bond acceptors (Lipinski definition) is 5. The van der Waals surface area contributed by atoms with Crippen LogP contribution in [0.15, 0.2) is 61.2 Å². The number of fused-ring (bicyclic) bond motifs is 1. The van der Waals surface area contributed by atoms with Crippen molar-refractivity contribution >= 4 is 5.91 Å². The lowest BCUT2D eigenvalue weighted by Crippen LogP contribution is -2.31. The molecule has 1 amide bonds. The van der Waals surface area contributed by atoms with Crippen molar-refractivity contribution in [3.63, 3.8) is 0 Å². The molecule has 0 aliphatic carbocycles. The van der Waals surface area contributed by atoms with Gasteiger partial charge in [-0.05, 0) is 44.9 Å². The van der Waals surface area contributed by atoms with Gasteiger partial charge in [-0.2, -0.15) is 5.10 Å². The number of hydrogen-bond donors (Lipinski definition) is 1. The van der Waals surface area contributed by atoms with Gasteiger partial charge in [-0.3, -0.25) is 9.89 Å². The van der Waals surface area contributed by atoms with E-state index in [9.17, 15) is 4.79 Å². The lowest BCUT2D eigenvalue weighted by molar-refractivity contribution is 0.0739. The zero-order valence-corrected chi connectivity index (χ0v) is 20.9. The molecule has 1 aliphatic rings. The van der Waals surface area contributed by atoms with Gasteiger partial charge in [0, 0.05) is 36.6 Å². The molecule has 0 saturated heterocycles. The van der Waals surface area contributed by atoms with Gasteiger partial charge >= 0.3 is 0 Å². The molecule has 1 N–H and O–H groups in total. The summed E-state index contributed by atoms with van der Waals surface area (Å²) < 4.78 is 13.7. The lowest BCUT2D eigenvalue weighted by atomic mass is 9.95. The van der Waals surface area contributed by atoms with Crippen molar-refractivity contribution in [1.29, 1.82) is 0 Å². The van der Waals surface area contributed by atoms with Crippen molar-refractivity contribution in [2.24, 2.45) is 0 Å². The van der Waals surface area contributed by atoms with Crippen LogP contribution in [0.1, 0.15) is 53.5 Å². The van der Waals surface area contributed by atoms with Crippen LogP contribution in [-0.2, 0) is 6.54 Å². The number of rotatable bonds is 10. The predicted octanol–water partition coefficient (Wildman–Crippen LogP) is 5.01. The third-order valence-electron chi connectivity index (χ3n) is 6.45. The Morgan fingerprint density at radius 3 is 2.50 bits per heavy atom. The number of amides is 1. The van der Waals surface area contributed by atoms with Gasteiger partial charge in [-0.25, -0.2) is 4.98 Å². The highest BCUT2D eigenvalue weighted by Gasteiger charge is 2.42. The third kappa shape index (κ3) is 4.46. The van der Waals surface area contributed by atoms with Crippen molar-refractivity contribution in [3.8, 4) is 22.8 Å². The molecule has 0 fully saturated rings. The second-order valence-corrected chi connectivity index (χ2v) is 8.85. The van der Waals surface area contributed by atoms with Gasteiger partial charge in [0.2, 0.25) is 0 Å². The van der Waals surface area contributed by atoms with Crippen LogP contribution in [0.2, 0.25) is 0 Å². The molecule has 8 nitrogen and oxygen atoms in total. The monoisotopic (exact) mass is 485 g/mol. The largest absolute Gasteiger partial charge is 0.490 e. The van der Waals surface area contributed by atoms with Gasteiger partial charge in [-0.15, -0.1) is 0 Å². The molecule has 36 heavy (non-hydrogen) atoms. The first-order chi connectivity index (χ1) is 17.6. The minimum Gasteiger partial charge on any atom is -0.490 e. The first-order valence-corrected chi connectivity index (χ1v) is 12.4. The Morgan fingerprint density at radius 2 is 1.78 bits per heavy atom. The molecule has 4 aromatic rings. The molecular formula is C28H31N5O3. The number of ether oxygens (including phenoxy) is 2. The average molecular weight is 486 g/mol. The molecular weight excluding hydrogens is 454 g/mol. The summed E-state index contributed by atoms with van der Waals surface area (Å²) in [5, 5.41) is 7.63. The SMILES string of the molecule is CCOc1ccc(C2c3c(-c4ccc(C)cc4)n[nH]c3C(=O)N2CCCn2ccnc2)cc1OCC. The summed E-state index contributed by atoms with van der Waals surface area (Å²) in [6.45, 7) is 8.40. The third-order valence-corrected chi connectivity index (χ3v) is 6.45. The van der Waals surface area contributed by atoms with Gasteiger partial charge in [0.1, 0.15) is 5.69 Å². The van der Waals surface area contributed by atoms with Gasteiger partial charge in [0.15, 0.2) is 11.5 Å². The molecule has 1 unspecified atom stereocenters. The van der Waals surface area contributed by atoms with E-state index in [1.807, 2.05) is 47.7 Å². The number of aromatic nitrogens is 4. The van der Waals surface area contributed by atoms with E-state index in [0.717, 1.165) is 35.3 Å². The van der Waals surface area contributed by atoms with E-state index in [0.29, 0.717) is 37.0 Å². The molecule has 2 aromatic heterocycles. The van der Waals surface area contributed by atoms with Crippen molar-refractivity contribution in [3.05, 3.63) is 83.6 Å². The number of carbonyl (C=O) groups is 1. The number of aryl methyl sites for hydroxylation is 2. The van der Waals surface area contributed by atoms with Gasteiger partial charge < -0.3 is 18.9 Å². The fraction of sp³-hybridized carbons (Fsp3) is 0.321. The second-order valence-electron chi connectivity index (χ2n) is 8.85. The Morgan fingerprint density at radius 1 is 1.00 bits per heavy atom. The van der Waals surface area contributed by atoms with Crippen molar-refractivity contribution in [2.45, 2.75) is 39.8 Å².